The predicted octanol–water partition coefficient (Wildman–Crippen LogP) is 0.353. The Labute approximate surface area is 87.9 Å². The number of hydrogen-bond acceptors (Lipinski definition) is 4. The largest absolute Gasteiger partial charge is 0.338 e. The molecule has 15 heavy (non-hydrogen) atoms. The number of amides is 1. The zero-order valence-corrected chi connectivity index (χ0v) is 8.82. The van der Waals surface area contributed by atoms with Gasteiger partial charge in [-0.1, -0.05) is 6.92 Å². The number of rotatable bonds is 4. The highest BCUT2D eigenvalue weighted by atomic mass is 16.2. The van der Waals surface area contributed by atoms with Crippen LogP contribution >= 0.6 is 0 Å². The third kappa shape index (κ3) is 2.77. The van der Waals surface area contributed by atoms with Gasteiger partial charge in [-0.15, -0.1) is 5.10 Å². The summed E-state index contributed by atoms with van der Waals surface area (Å²) in [6.07, 6.45) is 1.02. The average Bonchev–Trinajstić information content (AvgIpc) is 2.73. The molecule has 0 aliphatic heterocycles. The highest BCUT2D eigenvalue weighted by Crippen LogP contribution is 1.99. The number of nitrogens with one attached hydrogen (secondary N) is 1. The minimum absolute atomic E-state index is 0.160. The zero-order valence-electron chi connectivity index (χ0n) is 8.82. The van der Waals surface area contributed by atoms with Crippen LogP contribution in [0.25, 0.3) is 0 Å². The van der Waals surface area contributed by atoms with Crippen molar-refractivity contribution in [1.82, 2.24) is 20.1 Å². The summed E-state index contributed by atoms with van der Waals surface area (Å²) in [5, 5.41) is 14.9. The van der Waals surface area contributed by atoms with E-state index >= 15 is 0 Å². The van der Waals surface area contributed by atoms with E-state index in [1.165, 1.54) is 4.90 Å². The normalized spacial score (nSPS) is 9.67. The van der Waals surface area contributed by atoms with Crippen LogP contribution in [0.5, 0.6) is 0 Å². The Morgan fingerprint density at radius 1 is 1.67 bits per heavy atom. The number of carbonyl (C=O) groups excluding carboxylic acids is 1. The second-order valence-corrected chi connectivity index (χ2v) is 3.09. The van der Waals surface area contributed by atoms with Gasteiger partial charge in [0.2, 0.25) is 5.82 Å². The van der Waals surface area contributed by atoms with E-state index < -0.39 is 0 Å². The third-order valence-electron chi connectivity index (χ3n) is 1.96. The molecular formula is C9H13N5O. The number of hydrogen-bond donors (Lipinski definition) is 1. The number of nitrogens with zero attached hydrogens (tertiary/aromatic N) is 4. The topological polar surface area (TPSA) is 85.7 Å². The van der Waals surface area contributed by atoms with Crippen molar-refractivity contribution in [2.24, 2.45) is 0 Å². The first-order valence-electron chi connectivity index (χ1n) is 4.72. The standard InChI is InChI=1S/C9H13N5O/c1-3-7-11-8(13-12-7)9(15)14(2)6-4-5-10/h3-4,6H2,1-2H3,(H,11,12,13). The van der Waals surface area contributed by atoms with E-state index in [2.05, 4.69) is 15.2 Å². The van der Waals surface area contributed by atoms with E-state index in [0.717, 1.165) is 0 Å². The molecule has 1 amide bonds. The minimum atomic E-state index is -0.263. The summed E-state index contributed by atoms with van der Waals surface area (Å²) in [4.78, 5) is 17.1. The molecule has 0 aliphatic rings. The maximum atomic E-state index is 11.7. The van der Waals surface area contributed by atoms with Crippen LogP contribution in [0.2, 0.25) is 0 Å². The summed E-state index contributed by atoms with van der Waals surface area (Å²) in [5.74, 6) is 0.584. The van der Waals surface area contributed by atoms with Crippen molar-refractivity contribution >= 4 is 5.91 Å². The molecule has 0 radical (unpaired) electrons. The van der Waals surface area contributed by atoms with Gasteiger partial charge in [-0.2, -0.15) is 5.26 Å². The van der Waals surface area contributed by atoms with Gasteiger partial charge in [0, 0.05) is 20.0 Å². The van der Waals surface area contributed by atoms with Crippen molar-refractivity contribution < 1.29 is 4.79 Å². The second kappa shape index (κ2) is 5.10. The Morgan fingerprint density at radius 3 is 2.93 bits per heavy atom. The molecule has 0 saturated heterocycles. The van der Waals surface area contributed by atoms with E-state index in [-0.39, 0.29) is 11.7 Å². The van der Waals surface area contributed by atoms with E-state index in [0.29, 0.717) is 25.2 Å². The maximum Gasteiger partial charge on any atom is 0.293 e. The quantitative estimate of drug-likeness (QED) is 0.772. The van der Waals surface area contributed by atoms with E-state index in [4.69, 9.17) is 5.26 Å². The Kier molecular flexibility index (Phi) is 3.80. The highest BCUT2D eigenvalue weighted by Gasteiger charge is 2.15. The first-order chi connectivity index (χ1) is 7.19. The van der Waals surface area contributed by atoms with Crippen molar-refractivity contribution in [2.75, 3.05) is 13.6 Å². The molecule has 0 aliphatic carbocycles. The molecule has 6 heteroatoms. The smallest absolute Gasteiger partial charge is 0.293 e. The summed E-state index contributed by atoms with van der Waals surface area (Å²) in [7, 11) is 1.63. The van der Waals surface area contributed by atoms with Crippen LogP contribution in [0.4, 0.5) is 0 Å². The van der Waals surface area contributed by atoms with Gasteiger partial charge in [-0.05, 0) is 0 Å². The summed E-state index contributed by atoms with van der Waals surface area (Å²) in [6, 6.07) is 1.98. The van der Waals surface area contributed by atoms with Gasteiger partial charge in [0.1, 0.15) is 5.82 Å². The molecule has 0 spiro atoms. The summed E-state index contributed by atoms with van der Waals surface area (Å²) in [5.41, 5.74) is 0. The van der Waals surface area contributed by atoms with Gasteiger partial charge >= 0.3 is 0 Å². The Balaban J connectivity index is 2.64. The third-order valence-corrected chi connectivity index (χ3v) is 1.96. The lowest BCUT2D eigenvalue weighted by molar-refractivity contribution is 0.0786. The molecule has 0 saturated carbocycles. The monoisotopic (exact) mass is 207 g/mol. The summed E-state index contributed by atoms with van der Waals surface area (Å²) < 4.78 is 0. The first-order valence-corrected chi connectivity index (χ1v) is 4.72. The maximum absolute atomic E-state index is 11.7. The van der Waals surface area contributed by atoms with E-state index in [1.54, 1.807) is 7.05 Å². The Morgan fingerprint density at radius 2 is 2.40 bits per heavy atom. The van der Waals surface area contributed by atoms with Gasteiger partial charge in [0.05, 0.1) is 12.5 Å². The molecule has 1 N–H and O–H groups in total. The molecule has 0 fully saturated rings. The zero-order chi connectivity index (χ0) is 11.3. The number of aryl methyl sites for hydroxylation is 1. The summed E-state index contributed by atoms with van der Waals surface area (Å²) in [6.45, 7) is 2.32. The number of carbonyl (C=O) groups is 1. The Bertz CT molecular complexity index is 378. The van der Waals surface area contributed by atoms with Crippen LogP contribution in [-0.4, -0.2) is 39.6 Å². The molecule has 0 unspecified atom stereocenters. The molecule has 1 aromatic rings. The number of H-pyrrole nitrogens is 1. The number of nitriles is 1. The summed E-state index contributed by atoms with van der Waals surface area (Å²) >= 11 is 0. The molecule has 0 bridgehead atoms. The predicted molar refractivity (Wildman–Crippen MR) is 53.0 cm³/mol. The fourth-order valence-corrected chi connectivity index (χ4v) is 1.04. The lowest BCUT2D eigenvalue weighted by atomic mass is 10.4. The van der Waals surface area contributed by atoms with Crippen LogP contribution in [0.1, 0.15) is 29.8 Å². The molecule has 1 rings (SSSR count). The molecule has 1 aromatic heterocycles. The van der Waals surface area contributed by atoms with Crippen molar-refractivity contribution in [3.63, 3.8) is 0 Å². The number of aromatic amines is 1. The molecule has 0 aromatic carbocycles. The van der Waals surface area contributed by atoms with Crippen LogP contribution in [-0.2, 0) is 6.42 Å². The van der Waals surface area contributed by atoms with E-state index in [9.17, 15) is 4.79 Å². The number of aromatic nitrogens is 3. The van der Waals surface area contributed by atoms with Gasteiger partial charge in [0.25, 0.3) is 5.91 Å². The lowest BCUT2D eigenvalue weighted by Gasteiger charge is -2.12. The Hall–Kier alpha value is -1.90. The fraction of sp³-hybridized carbons (Fsp3) is 0.556. The van der Waals surface area contributed by atoms with Gasteiger partial charge < -0.3 is 4.90 Å². The van der Waals surface area contributed by atoms with Crippen molar-refractivity contribution in [1.29, 1.82) is 5.26 Å². The first kappa shape index (κ1) is 11.2. The average molecular weight is 207 g/mol. The van der Waals surface area contributed by atoms with Crippen molar-refractivity contribution in [2.45, 2.75) is 19.8 Å². The van der Waals surface area contributed by atoms with Crippen molar-refractivity contribution in [3.05, 3.63) is 11.6 Å². The van der Waals surface area contributed by atoms with Gasteiger partial charge in [-0.25, -0.2) is 4.98 Å². The minimum Gasteiger partial charge on any atom is -0.338 e. The molecule has 0 atom stereocenters. The van der Waals surface area contributed by atoms with Gasteiger partial charge in [-0.3, -0.25) is 9.89 Å². The van der Waals surface area contributed by atoms with Crippen molar-refractivity contribution in [3.8, 4) is 6.07 Å². The van der Waals surface area contributed by atoms with Crippen LogP contribution in [0.15, 0.2) is 0 Å². The molecule has 6 nitrogen and oxygen atoms in total. The van der Waals surface area contributed by atoms with Gasteiger partial charge in [0.15, 0.2) is 0 Å². The van der Waals surface area contributed by atoms with E-state index in [1.807, 2.05) is 13.0 Å². The lowest BCUT2D eigenvalue weighted by Crippen LogP contribution is -2.28. The second-order valence-electron chi connectivity index (χ2n) is 3.09. The van der Waals surface area contributed by atoms with Crippen LogP contribution in [0.3, 0.4) is 0 Å². The SMILES string of the molecule is CCc1nc(C(=O)N(C)CCC#N)n[nH]1. The fourth-order valence-electron chi connectivity index (χ4n) is 1.04. The van der Waals surface area contributed by atoms with Crippen LogP contribution in [0, 0.1) is 11.3 Å². The molecule has 80 valence electrons. The van der Waals surface area contributed by atoms with Crippen LogP contribution < -0.4 is 0 Å². The molecular weight excluding hydrogens is 194 g/mol. The molecule has 1 heterocycles. The highest BCUT2D eigenvalue weighted by molar-refractivity contribution is 5.90.